The fourth-order valence-electron chi connectivity index (χ4n) is 4.46. The van der Waals surface area contributed by atoms with Crippen LogP contribution in [0.25, 0.3) is 0 Å². The van der Waals surface area contributed by atoms with Crippen LogP contribution in [0.4, 0.5) is 0 Å². The monoisotopic (exact) mass is 298 g/mol. The van der Waals surface area contributed by atoms with Crippen molar-refractivity contribution < 1.29 is 8.97 Å². The first-order chi connectivity index (χ1) is 9.04. The van der Waals surface area contributed by atoms with Crippen molar-refractivity contribution in [3.8, 4) is 0 Å². The normalized spacial score (nSPS) is 32.7. The van der Waals surface area contributed by atoms with Crippen LogP contribution in [0.2, 0.25) is 25.2 Å². The molecule has 0 radical (unpaired) electrons. The van der Waals surface area contributed by atoms with Crippen molar-refractivity contribution in [3.05, 3.63) is 0 Å². The fourth-order valence-corrected chi connectivity index (χ4v) is 7.12. The van der Waals surface area contributed by atoms with E-state index in [1.54, 1.807) is 24.9 Å². The molecule has 0 aromatic rings. The van der Waals surface area contributed by atoms with Crippen molar-refractivity contribution in [1.29, 1.82) is 0 Å². The summed E-state index contributed by atoms with van der Waals surface area (Å²) >= 11 is 0. The second-order valence-corrected chi connectivity index (χ2v) is 15.3. The van der Waals surface area contributed by atoms with E-state index in [0.29, 0.717) is 0 Å². The summed E-state index contributed by atoms with van der Waals surface area (Å²) in [6, 6.07) is 3.18. The molecule has 2 heterocycles. The van der Waals surface area contributed by atoms with Gasteiger partial charge in [0.1, 0.15) is 0 Å². The molecule has 2 nitrogen and oxygen atoms in total. The van der Waals surface area contributed by atoms with Crippen LogP contribution < -0.4 is 0 Å². The van der Waals surface area contributed by atoms with Gasteiger partial charge in [-0.25, -0.2) is 0 Å². The highest BCUT2D eigenvalue weighted by atomic mass is 28.3. The summed E-state index contributed by atoms with van der Waals surface area (Å²) in [4.78, 5) is 0. The zero-order valence-electron chi connectivity index (χ0n) is 15.0. The van der Waals surface area contributed by atoms with Gasteiger partial charge in [-0.2, -0.15) is 0 Å². The summed E-state index contributed by atoms with van der Waals surface area (Å²) in [6.07, 6.45) is 6.00. The lowest BCUT2D eigenvalue weighted by Crippen LogP contribution is -2.47. The van der Waals surface area contributed by atoms with Gasteiger partial charge < -0.3 is 8.97 Å². The van der Waals surface area contributed by atoms with Crippen molar-refractivity contribution >= 4 is 8.07 Å². The molecule has 2 aliphatic heterocycles. The van der Waals surface area contributed by atoms with Gasteiger partial charge in [-0.3, -0.25) is 0 Å². The molecule has 3 heteroatoms. The Kier molecular flexibility index (Phi) is 4.46. The molecule has 0 saturated carbocycles. The van der Waals surface area contributed by atoms with Gasteiger partial charge in [0.2, 0.25) is 0 Å². The Labute approximate surface area is 128 Å². The molecule has 2 aliphatic rings. The smallest absolute Gasteiger partial charge is 0.0843 e. The fraction of sp³-hybridized carbons (Fsp3) is 1.00. The maximum Gasteiger partial charge on any atom is 0.0843 e. The first kappa shape index (κ1) is 16.5. The van der Waals surface area contributed by atoms with Crippen LogP contribution >= 0.6 is 0 Å². The molecule has 1 unspecified atom stereocenters. The lowest BCUT2D eigenvalue weighted by molar-refractivity contribution is -0.910. The predicted octanol–water partition coefficient (Wildman–Crippen LogP) is 3.42. The van der Waals surface area contributed by atoms with E-state index >= 15 is 0 Å². The Morgan fingerprint density at radius 2 is 1.65 bits per heavy atom. The first-order valence-electron chi connectivity index (χ1n) is 8.68. The van der Waals surface area contributed by atoms with Gasteiger partial charge in [0.15, 0.2) is 0 Å². The first-order valence-corrected chi connectivity index (χ1v) is 12.1. The van der Waals surface area contributed by atoms with Gasteiger partial charge >= 0.3 is 0 Å². The average molecular weight is 299 g/mol. The van der Waals surface area contributed by atoms with Gasteiger partial charge in [0.05, 0.1) is 54.4 Å². The van der Waals surface area contributed by atoms with Crippen LogP contribution in [0, 0.1) is 5.41 Å². The van der Waals surface area contributed by atoms with Crippen molar-refractivity contribution in [1.82, 2.24) is 0 Å². The molecule has 0 N–H and O–H groups in total. The van der Waals surface area contributed by atoms with Crippen LogP contribution in [0.1, 0.15) is 25.7 Å². The summed E-state index contributed by atoms with van der Waals surface area (Å²) in [5.74, 6) is 0. The van der Waals surface area contributed by atoms with Gasteiger partial charge in [-0.15, -0.1) is 0 Å². The Morgan fingerprint density at radius 3 is 2.20 bits per heavy atom. The van der Waals surface area contributed by atoms with E-state index in [-0.39, 0.29) is 0 Å². The van der Waals surface area contributed by atoms with E-state index in [4.69, 9.17) is 0 Å². The number of quaternary nitrogens is 2. The van der Waals surface area contributed by atoms with Gasteiger partial charge in [0.25, 0.3) is 0 Å². The number of nitrogens with zero attached hydrogens (tertiary/aromatic N) is 2. The van der Waals surface area contributed by atoms with Gasteiger partial charge in [-0.1, -0.05) is 25.2 Å². The Hall–Kier alpha value is 0.137. The molecule has 118 valence electrons. The van der Waals surface area contributed by atoms with Gasteiger partial charge in [-0.05, 0) is 12.8 Å². The number of rotatable bonds is 4. The van der Waals surface area contributed by atoms with E-state index in [1.165, 1.54) is 43.5 Å². The molecular weight excluding hydrogens is 260 g/mol. The average Bonchev–Trinajstić information content (AvgIpc) is 2.61. The van der Waals surface area contributed by atoms with Gasteiger partial charge in [0, 0.05) is 26.3 Å². The molecule has 2 saturated heterocycles. The molecule has 0 aromatic carbocycles. The number of hydrogen-bond acceptors (Lipinski definition) is 0. The van der Waals surface area contributed by atoms with E-state index < -0.39 is 8.07 Å². The van der Waals surface area contributed by atoms with E-state index in [2.05, 4.69) is 41.3 Å². The minimum Gasteiger partial charge on any atom is -0.331 e. The Balaban J connectivity index is 1.85. The molecule has 20 heavy (non-hydrogen) atoms. The maximum atomic E-state index is 2.60. The molecule has 2 rings (SSSR count). The minimum absolute atomic E-state index is 0.744. The lowest BCUT2D eigenvalue weighted by Gasteiger charge is -2.40. The van der Waals surface area contributed by atoms with Crippen LogP contribution in [0.15, 0.2) is 0 Å². The highest BCUT2D eigenvalue weighted by molar-refractivity contribution is 6.77. The van der Waals surface area contributed by atoms with Crippen LogP contribution in [-0.4, -0.2) is 71.4 Å². The summed E-state index contributed by atoms with van der Waals surface area (Å²) in [6.45, 7) is 10.8. The Bertz CT molecular complexity index is 335. The Morgan fingerprint density at radius 1 is 1.05 bits per heavy atom. The standard InChI is InChI=1S/C17H38N2Si/c1-18(2,3)11-7-12-19(4)13-8-17(16-19)9-14-20(5,6)15-10-17/h7-16H2,1-6H3/q+2. The van der Waals surface area contributed by atoms with Crippen molar-refractivity contribution in [2.45, 2.75) is 50.9 Å². The highest BCUT2D eigenvalue weighted by Crippen LogP contribution is 2.48. The van der Waals surface area contributed by atoms with Crippen molar-refractivity contribution in [2.75, 3.05) is 54.4 Å². The molecule has 0 aromatic heterocycles. The predicted molar refractivity (Wildman–Crippen MR) is 91.7 cm³/mol. The molecule has 1 spiro atoms. The lowest BCUT2D eigenvalue weighted by atomic mass is 9.81. The van der Waals surface area contributed by atoms with Crippen LogP contribution in [-0.2, 0) is 0 Å². The highest BCUT2D eigenvalue weighted by Gasteiger charge is 2.49. The third-order valence-electron chi connectivity index (χ3n) is 6.09. The van der Waals surface area contributed by atoms with E-state index in [9.17, 15) is 0 Å². The quantitative estimate of drug-likeness (QED) is 0.551. The van der Waals surface area contributed by atoms with Crippen LogP contribution in [0.3, 0.4) is 0 Å². The molecule has 2 fully saturated rings. The van der Waals surface area contributed by atoms with Crippen LogP contribution in [0.5, 0.6) is 0 Å². The van der Waals surface area contributed by atoms with Crippen molar-refractivity contribution in [2.24, 2.45) is 5.41 Å². The minimum atomic E-state index is -0.790. The molecule has 0 bridgehead atoms. The molecule has 0 amide bonds. The summed E-state index contributed by atoms with van der Waals surface area (Å²) in [7, 11) is 8.70. The third kappa shape index (κ3) is 4.31. The number of likely N-dealkylation sites (tertiary alicyclic amines) is 1. The SMILES string of the molecule is C[N+](C)(C)CCC[N+]1(C)CCC2(CC[Si](C)(C)CC2)C1. The number of hydrogen-bond donors (Lipinski definition) is 0. The van der Waals surface area contributed by atoms with E-state index in [1.807, 2.05) is 0 Å². The van der Waals surface area contributed by atoms with E-state index in [0.717, 1.165) is 9.90 Å². The molecular formula is C17H38N2Si+2. The second kappa shape index (κ2) is 5.40. The largest absolute Gasteiger partial charge is 0.331 e. The van der Waals surface area contributed by atoms with Crippen molar-refractivity contribution in [3.63, 3.8) is 0 Å². The summed E-state index contributed by atoms with van der Waals surface area (Å²) < 4.78 is 2.48. The second-order valence-electron chi connectivity index (χ2n) is 10.0. The molecule has 0 aliphatic carbocycles. The molecule has 1 atom stereocenters. The zero-order valence-corrected chi connectivity index (χ0v) is 16.0. The maximum absolute atomic E-state index is 2.60. The third-order valence-corrected chi connectivity index (χ3v) is 9.30. The summed E-state index contributed by atoms with van der Waals surface area (Å²) in [5.41, 5.74) is 0.744. The summed E-state index contributed by atoms with van der Waals surface area (Å²) in [5, 5.41) is 0. The topological polar surface area (TPSA) is 0 Å². The zero-order chi connectivity index (χ0) is 15.1.